The number of carbonyl (C=O) groups excluding carboxylic acids is 1. The monoisotopic (exact) mass is 443 g/mol. The number of fused-ring (bicyclic) bond motifs is 1. The number of nitrogens with one attached hydrogen (secondary N) is 1. The van der Waals surface area contributed by atoms with Gasteiger partial charge in [-0.25, -0.2) is 4.39 Å². The van der Waals surface area contributed by atoms with E-state index in [0.717, 1.165) is 22.0 Å². The Balaban J connectivity index is 1.64. The predicted molar refractivity (Wildman–Crippen MR) is 116 cm³/mol. The number of benzene rings is 2. The van der Waals surface area contributed by atoms with E-state index in [1.807, 2.05) is 10.8 Å². The zero-order chi connectivity index (χ0) is 21.3. The number of carbonyl (C=O) groups is 1. The van der Waals surface area contributed by atoms with Crippen molar-refractivity contribution in [2.24, 2.45) is 0 Å². The van der Waals surface area contributed by atoms with Crippen LogP contribution in [0.4, 0.5) is 10.1 Å². The Morgan fingerprint density at radius 3 is 2.50 bits per heavy atom. The van der Waals surface area contributed by atoms with Gasteiger partial charge in [-0.05, 0) is 41.5 Å². The summed E-state index contributed by atoms with van der Waals surface area (Å²) in [6.07, 6.45) is 4.69. The lowest BCUT2D eigenvalue weighted by Gasteiger charge is -2.08. The number of aromatic hydroxyl groups is 1. The molecule has 0 aliphatic heterocycles. The minimum atomic E-state index is -0.311. The van der Waals surface area contributed by atoms with Crippen LogP contribution in [-0.2, 0) is 17.8 Å². The Labute approximate surface area is 181 Å². The van der Waals surface area contributed by atoms with Gasteiger partial charge in [-0.1, -0.05) is 35.3 Å². The van der Waals surface area contributed by atoms with Crippen LogP contribution in [0, 0.1) is 5.82 Å². The van der Waals surface area contributed by atoms with Gasteiger partial charge in [-0.2, -0.15) is 0 Å². The number of aromatic nitrogens is 2. The van der Waals surface area contributed by atoms with Crippen LogP contribution in [0.5, 0.6) is 5.75 Å². The molecular formula is C22H16Cl2FN3O2. The molecule has 0 saturated carbocycles. The second kappa shape index (κ2) is 8.34. The van der Waals surface area contributed by atoms with E-state index in [-0.39, 0.29) is 33.9 Å². The number of rotatable bonds is 5. The zero-order valence-electron chi connectivity index (χ0n) is 15.6. The second-order valence-corrected chi connectivity index (χ2v) is 7.63. The fourth-order valence-electron chi connectivity index (χ4n) is 3.30. The molecule has 2 heterocycles. The van der Waals surface area contributed by atoms with E-state index < -0.39 is 0 Å². The van der Waals surface area contributed by atoms with Crippen molar-refractivity contribution < 1.29 is 14.3 Å². The summed E-state index contributed by atoms with van der Waals surface area (Å²) in [6, 6.07) is 11.2. The largest absolute Gasteiger partial charge is 0.508 e. The molecule has 2 aromatic carbocycles. The molecule has 0 radical (unpaired) electrons. The molecule has 0 fully saturated rings. The molecule has 1 amide bonds. The van der Waals surface area contributed by atoms with E-state index >= 15 is 0 Å². The molecule has 30 heavy (non-hydrogen) atoms. The maximum Gasteiger partial charge on any atom is 0.228 e. The quantitative estimate of drug-likeness (QED) is 0.432. The van der Waals surface area contributed by atoms with Crippen LogP contribution in [0.15, 0.2) is 61.1 Å². The summed E-state index contributed by atoms with van der Waals surface area (Å²) in [7, 11) is 0. The van der Waals surface area contributed by atoms with Crippen molar-refractivity contribution in [2.45, 2.75) is 13.0 Å². The van der Waals surface area contributed by atoms with Gasteiger partial charge in [-0.3, -0.25) is 9.78 Å². The SMILES string of the molecule is O=C(Cc1cn(Cc2ccc(F)cc2)c2ccc(O)cc12)Nc1c(Cl)cncc1Cl. The van der Waals surface area contributed by atoms with Crippen LogP contribution in [0.1, 0.15) is 11.1 Å². The summed E-state index contributed by atoms with van der Waals surface area (Å²) in [5.41, 5.74) is 2.78. The fourth-order valence-corrected chi connectivity index (χ4v) is 3.76. The fraction of sp³-hybridized carbons (Fsp3) is 0.0909. The van der Waals surface area contributed by atoms with E-state index in [1.54, 1.807) is 30.3 Å². The van der Waals surface area contributed by atoms with Crippen LogP contribution in [-0.4, -0.2) is 20.6 Å². The van der Waals surface area contributed by atoms with Gasteiger partial charge in [0.15, 0.2) is 0 Å². The summed E-state index contributed by atoms with van der Waals surface area (Å²) in [5.74, 6) is -0.509. The van der Waals surface area contributed by atoms with Crippen molar-refractivity contribution >= 4 is 45.7 Å². The lowest BCUT2D eigenvalue weighted by molar-refractivity contribution is -0.115. The zero-order valence-corrected chi connectivity index (χ0v) is 17.1. The summed E-state index contributed by atoms with van der Waals surface area (Å²) in [4.78, 5) is 16.5. The highest BCUT2D eigenvalue weighted by Gasteiger charge is 2.15. The van der Waals surface area contributed by atoms with Crippen molar-refractivity contribution in [1.82, 2.24) is 9.55 Å². The highest BCUT2D eigenvalue weighted by molar-refractivity contribution is 6.39. The van der Waals surface area contributed by atoms with E-state index in [0.29, 0.717) is 12.2 Å². The van der Waals surface area contributed by atoms with Crippen LogP contribution in [0.2, 0.25) is 10.0 Å². The molecule has 4 aromatic rings. The Morgan fingerprint density at radius 2 is 1.80 bits per heavy atom. The molecule has 0 atom stereocenters. The lowest BCUT2D eigenvalue weighted by Crippen LogP contribution is -2.15. The topological polar surface area (TPSA) is 67.2 Å². The molecule has 2 N–H and O–H groups in total. The van der Waals surface area contributed by atoms with Crippen molar-refractivity contribution in [3.05, 3.63) is 88.0 Å². The number of amides is 1. The summed E-state index contributed by atoms with van der Waals surface area (Å²) in [6.45, 7) is 0.491. The van der Waals surface area contributed by atoms with E-state index in [1.165, 1.54) is 24.5 Å². The minimum absolute atomic E-state index is 0.0470. The minimum Gasteiger partial charge on any atom is -0.508 e. The van der Waals surface area contributed by atoms with Gasteiger partial charge in [-0.15, -0.1) is 0 Å². The molecule has 2 aromatic heterocycles. The summed E-state index contributed by atoms with van der Waals surface area (Å²) in [5, 5.41) is 13.9. The van der Waals surface area contributed by atoms with Crippen molar-refractivity contribution in [2.75, 3.05) is 5.32 Å². The van der Waals surface area contributed by atoms with Gasteiger partial charge in [0.25, 0.3) is 0 Å². The smallest absolute Gasteiger partial charge is 0.228 e. The number of phenolic OH excluding ortho intramolecular Hbond substituents is 1. The van der Waals surface area contributed by atoms with E-state index in [4.69, 9.17) is 23.2 Å². The molecule has 0 spiro atoms. The number of halogens is 3. The standard InChI is InChI=1S/C22H16Cl2FN3O2/c23-18-9-26-10-19(24)22(18)27-21(30)7-14-12-28(11-13-1-3-15(25)4-2-13)20-6-5-16(29)8-17(14)20/h1-6,8-10,12,29H,7,11H2,(H,26,27,30). The van der Waals surface area contributed by atoms with E-state index in [9.17, 15) is 14.3 Å². The summed E-state index contributed by atoms with van der Waals surface area (Å²) < 4.78 is 15.2. The third-order valence-corrected chi connectivity index (χ3v) is 5.26. The number of phenols is 1. The van der Waals surface area contributed by atoms with Gasteiger partial charge in [0.2, 0.25) is 5.91 Å². The maximum absolute atomic E-state index is 13.2. The van der Waals surface area contributed by atoms with Crippen LogP contribution in [0.25, 0.3) is 10.9 Å². The Bertz CT molecular complexity index is 1220. The third-order valence-electron chi connectivity index (χ3n) is 4.68. The highest BCUT2D eigenvalue weighted by Crippen LogP contribution is 2.30. The van der Waals surface area contributed by atoms with Crippen LogP contribution >= 0.6 is 23.2 Å². The second-order valence-electron chi connectivity index (χ2n) is 6.81. The Kier molecular flexibility index (Phi) is 5.61. The number of anilines is 1. The molecular weight excluding hydrogens is 428 g/mol. The first-order valence-electron chi connectivity index (χ1n) is 9.05. The molecule has 8 heteroatoms. The molecule has 152 valence electrons. The van der Waals surface area contributed by atoms with E-state index in [2.05, 4.69) is 10.3 Å². The molecule has 0 bridgehead atoms. The number of nitrogens with zero attached hydrogens (tertiary/aromatic N) is 2. The van der Waals surface area contributed by atoms with Gasteiger partial charge >= 0.3 is 0 Å². The number of hydrogen-bond acceptors (Lipinski definition) is 3. The molecule has 5 nitrogen and oxygen atoms in total. The molecule has 4 rings (SSSR count). The Morgan fingerprint density at radius 1 is 1.10 bits per heavy atom. The average molecular weight is 444 g/mol. The maximum atomic E-state index is 13.2. The van der Waals surface area contributed by atoms with Gasteiger partial charge in [0.05, 0.1) is 22.2 Å². The summed E-state index contributed by atoms with van der Waals surface area (Å²) >= 11 is 12.1. The van der Waals surface area contributed by atoms with Crippen molar-refractivity contribution in [3.8, 4) is 5.75 Å². The number of pyridine rings is 1. The third kappa shape index (κ3) is 4.25. The Hall–Kier alpha value is -3.09. The van der Waals surface area contributed by atoms with Crippen molar-refractivity contribution in [1.29, 1.82) is 0 Å². The molecule has 0 unspecified atom stereocenters. The van der Waals surface area contributed by atoms with Gasteiger partial charge in [0, 0.05) is 36.0 Å². The van der Waals surface area contributed by atoms with Crippen molar-refractivity contribution in [3.63, 3.8) is 0 Å². The first kappa shape index (κ1) is 20.2. The van der Waals surface area contributed by atoms with Gasteiger partial charge in [0.1, 0.15) is 11.6 Å². The first-order chi connectivity index (χ1) is 14.4. The molecule has 0 aliphatic rings. The van der Waals surface area contributed by atoms with Crippen LogP contribution in [0.3, 0.4) is 0 Å². The normalized spacial score (nSPS) is 11.0. The van der Waals surface area contributed by atoms with Crippen LogP contribution < -0.4 is 5.32 Å². The predicted octanol–water partition coefficient (Wildman–Crippen LogP) is 5.42. The lowest BCUT2D eigenvalue weighted by atomic mass is 10.1. The molecule has 0 aliphatic carbocycles. The first-order valence-corrected chi connectivity index (χ1v) is 9.80. The van der Waals surface area contributed by atoms with Gasteiger partial charge < -0.3 is 15.0 Å². The average Bonchev–Trinajstić information content (AvgIpc) is 3.03. The highest BCUT2D eigenvalue weighted by atomic mass is 35.5. The number of hydrogen-bond donors (Lipinski definition) is 2. The molecule has 0 saturated heterocycles.